The highest BCUT2D eigenvalue weighted by atomic mass is 19.1. The number of hydrogen-bond acceptors (Lipinski definition) is 1. The molecule has 0 spiro atoms. The van der Waals surface area contributed by atoms with Crippen molar-refractivity contribution in [1.82, 2.24) is 5.32 Å². The molecule has 0 bridgehead atoms. The number of halogens is 1. The van der Waals surface area contributed by atoms with Gasteiger partial charge in [-0.1, -0.05) is 24.3 Å². The lowest BCUT2D eigenvalue weighted by Gasteiger charge is -2.20. The maximum atomic E-state index is 13.3. The van der Waals surface area contributed by atoms with Gasteiger partial charge in [0, 0.05) is 6.54 Å². The van der Waals surface area contributed by atoms with E-state index in [0.29, 0.717) is 5.56 Å². The second kappa shape index (κ2) is 4.54. The van der Waals surface area contributed by atoms with Crippen LogP contribution in [-0.4, -0.2) is 6.54 Å². The highest BCUT2D eigenvalue weighted by Gasteiger charge is 2.13. The lowest BCUT2D eigenvalue weighted by atomic mass is 9.91. The minimum absolute atomic E-state index is 0.137. The molecule has 1 heterocycles. The molecule has 1 nitrogen and oxygen atoms in total. The SMILES string of the molecule is Cc1cc(-c2cccc3c2CNCC3)ccc1F. The Labute approximate surface area is 107 Å². The van der Waals surface area contributed by atoms with Crippen LogP contribution in [0.2, 0.25) is 0 Å². The summed E-state index contributed by atoms with van der Waals surface area (Å²) < 4.78 is 13.3. The van der Waals surface area contributed by atoms with Gasteiger partial charge in [-0.15, -0.1) is 0 Å². The van der Waals surface area contributed by atoms with Gasteiger partial charge in [0.05, 0.1) is 0 Å². The quantitative estimate of drug-likeness (QED) is 0.806. The molecule has 0 saturated heterocycles. The van der Waals surface area contributed by atoms with Crippen molar-refractivity contribution in [2.24, 2.45) is 0 Å². The zero-order valence-corrected chi connectivity index (χ0v) is 10.5. The van der Waals surface area contributed by atoms with Gasteiger partial charge in [-0.2, -0.15) is 0 Å². The second-order valence-electron chi connectivity index (χ2n) is 4.83. The number of hydrogen-bond donors (Lipinski definition) is 1. The van der Waals surface area contributed by atoms with E-state index < -0.39 is 0 Å². The third kappa shape index (κ3) is 1.93. The van der Waals surface area contributed by atoms with Gasteiger partial charge in [-0.25, -0.2) is 4.39 Å². The summed E-state index contributed by atoms with van der Waals surface area (Å²) in [6, 6.07) is 11.8. The summed E-state index contributed by atoms with van der Waals surface area (Å²) in [5, 5.41) is 3.40. The van der Waals surface area contributed by atoms with E-state index in [1.807, 2.05) is 19.1 Å². The number of fused-ring (bicyclic) bond motifs is 1. The van der Waals surface area contributed by atoms with Gasteiger partial charge in [0.1, 0.15) is 5.82 Å². The van der Waals surface area contributed by atoms with E-state index in [-0.39, 0.29) is 5.82 Å². The highest BCUT2D eigenvalue weighted by Crippen LogP contribution is 2.29. The van der Waals surface area contributed by atoms with E-state index in [4.69, 9.17) is 0 Å². The first-order chi connectivity index (χ1) is 8.75. The standard InChI is InChI=1S/C16H16FN/c1-11-9-13(5-6-16(11)17)14-4-2-3-12-7-8-18-10-15(12)14/h2-6,9,18H,7-8,10H2,1H3. The van der Waals surface area contributed by atoms with E-state index in [9.17, 15) is 4.39 Å². The normalized spacial score (nSPS) is 14.3. The van der Waals surface area contributed by atoms with Crippen molar-refractivity contribution in [3.63, 3.8) is 0 Å². The molecule has 1 aliphatic rings. The monoisotopic (exact) mass is 241 g/mol. The summed E-state index contributed by atoms with van der Waals surface area (Å²) in [5.41, 5.74) is 5.80. The molecule has 2 aromatic carbocycles. The molecule has 0 amide bonds. The third-order valence-electron chi connectivity index (χ3n) is 3.61. The molecule has 0 aliphatic carbocycles. The smallest absolute Gasteiger partial charge is 0.126 e. The summed E-state index contributed by atoms with van der Waals surface area (Å²) in [6.45, 7) is 3.76. The van der Waals surface area contributed by atoms with Crippen LogP contribution in [0.15, 0.2) is 36.4 Å². The van der Waals surface area contributed by atoms with Crippen molar-refractivity contribution in [1.29, 1.82) is 0 Å². The predicted molar refractivity (Wildman–Crippen MR) is 72.0 cm³/mol. The Hall–Kier alpha value is -1.67. The topological polar surface area (TPSA) is 12.0 Å². The minimum Gasteiger partial charge on any atom is -0.312 e. The Morgan fingerprint density at radius 1 is 1.17 bits per heavy atom. The van der Waals surface area contributed by atoms with Crippen LogP contribution in [0, 0.1) is 12.7 Å². The van der Waals surface area contributed by atoms with Gasteiger partial charge < -0.3 is 5.32 Å². The van der Waals surface area contributed by atoms with Gasteiger partial charge >= 0.3 is 0 Å². The molecule has 18 heavy (non-hydrogen) atoms. The molecule has 3 rings (SSSR count). The minimum atomic E-state index is -0.137. The molecule has 1 aliphatic heterocycles. The highest BCUT2D eigenvalue weighted by molar-refractivity contribution is 5.69. The maximum absolute atomic E-state index is 13.3. The Balaban J connectivity index is 2.13. The van der Waals surface area contributed by atoms with Gasteiger partial charge in [0.25, 0.3) is 0 Å². The Morgan fingerprint density at radius 3 is 2.89 bits per heavy atom. The fraction of sp³-hybridized carbons (Fsp3) is 0.250. The van der Waals surface area contributed by atoms with Crippen molar-refractivity contribution < 1.29 is 4.39 Å². The summed E-state index contributed by atoms with van der Waals surface area (Å²) in [6.07, 6.45) is 1.07. The van der Waals surface area contributed by atoms with Crippen LogP contribution in [0.4, 0.5) is 4.39 Å². The molecule has 2 aromatic rings. The van der Waals surface area contributed by atoms with E-state index >= 15 is 0 Å². The number of aryl methyl sites for hydroxylation is 1. The summed E-state index contributed by atoms with van der Waals surface area (Å²) in [5.74, 6) is -0.137. The van der Waals surface area contributed by atoms with Gasteiger partial charge in [-0.3, -0.25) is 0 Å². The van der Waals surface area contributed by atoms with Crippen molar-refractivity contribution >= 4 is 0 Å². The van der Waals surface area contributed by atoms with Gasteiger partial charge in [0.2, 0.25) is 0 Å². The van der Waals surface area contributed by atoms with Crippen LogP contribution in [0.5, 0.6) is 0 Å². The molecule has 0 saturated carbocycles. The first-order valence-corrected chi connectivity index (χ1v) is 6.34. The van der Waals surface area contributed by atoms with E-state index in [2.05, 4.69) is 23.5 Å². The molecule has 92 valence electrons. The number of benzene rings is 2. The van der Waals surface area contributed by atoms with Crippen LogP contribution in [-0.2, 0) is 13.0 Å². The van der Waals surface area contributed by atoms with Crippen LogP contribution in [0.25, 0.3) is 11.1 Å². The van der Waals surface area contributed by atoms with E-state index in [1.165, 1.54) is 16.7 Å². The first kappa shape index (κ1) is 11.4. The largest absolute Gasteiger partial charge is 0.312 e. The second-order valence-corrected chi connectivity index (χ2v) is 4.83. The van der Waals surface area contributed by atoms with E-state index in [1.54, 1.807) is 6.07 Å². The molecular formula is C16H16FN. The van der Waals surface area contributed by atoms with Crippen LogP contribution in [0.3, 0.4) is 0 Å². The summed E-state index contributed by atoms with van der Waals surface area (Å²) in [7, 11) is 0. The lowest BCUT2D eigenvalue weighted by molar-refractivity contribution is 0.618. The number of nitrogens with one attached hydrogen (secondary N) is 1. The Morgan fingerprint density at radius 2 is 2.06 bits per heavy atom. The average molecular weight is 241 g/mol. The molecule has 1 N–H and O–H groups in total. The van der Waals surface area contributed by atoms with Crippen molar-refractivity contribution in [2.75, 3.05) is 6.54 Å². The summed E-state index contributed by atoms with van der Waals surface area (Å²) >= 11 is 0. The van der Waals surface area contributed by atoms with Crippen LogP contribution < -0.4 is 5.32 Å². The fourth-order valence-electron chi connectivity index (χ4n) is 2.60. The first-order valence-electron chi connectivity index (χ1n) is 6.34. The molecule has 0 radical (unpaired) electrons. The predicted octanol–water partition coefficient (Wildman–Crippen LogP) is 3.45. The summed E-state index contributed by atoms with van der Waals surface area (Å²) in [4.78, 5) is 0. The third-order valence-corrected chi connectivity index (χ3v) is 3.61. The molecule has 0 unspecified atom stereocenters. The average Bonchev–Trinajstić information content (AvgIpc) is 2.41. The lowest BCUT2D eigenvalue weighted by Crippen LogP contribution is -2.24. The molecule has 2 heteroatoms. The van der Waals surface area contributed by atoms with Crippen LogP contribution in [0.1, 0.15) is 16.7 Å². The van der Waals surface area contributed by atoms with Crippen molar-refractivity contribution in [3.8, 4) is 11.1 Å². The molecule has 0 aromatic heterocycles. The molecule has 0 fully saturated rings. The van der Waals surface area contributed by atoms with Crippen molar-refractivity contribution in [2.45, 2.75) is 19.9 Å². The van der Waals surface area contributed by atoms with Gasteiger partial charge in [-0.05, 0) is 59.8 Å². The Bertz CT molecular complexity index is 590. The Kier molecular flexibility index (Phi) is 2.88. The van der Waals surface area contributed by atoms with Gasteiger partial charge in [0.15, 0.2) is 0 Å². The maximum Gasteiger partial charge on any atom is 0.126 e. The molecule has 0 atom stereocenters. The number of rotatable bonds is 1. The van der Waals surface area contributed by atoms with E-state index in [0.717, 1.165) is 25.1 Å². The molecular weight excluding hydrogens is 225 g/mol. The zero-order chi connectivity index (χ0) is 12.5. The van der Waals surface area contributed by atoms with Crippen molar-refractivity contribution in [3.05, 3.63) is 58.9 Å². The zero-order valence-electron chi connectivity index (χ0n) is 10.5. The van der Waals surface area contributed by atoms with Crippen LogP contribution >= 0.6 is 0 Å². The fourth-order valence-corrected chi connectivity index (χ4v) is 2.60.